The number of nitrogens with one attached hydrogen (secondary N) is 2. The highest BCUT2D eigenvalue weighted by Crippen LogP contribution is 2.32. The highest BCUT2D eigenvalue weighted by molar-refractivity contribution is 6.03. The lowest BCUT2D eigenvalue weighted by molar-refractivity contribution is -0.117. The second kappa shape index (κ2) is 7.50. The topological polar surface area (TPSA) is 88.0 Å². The number of likely N-dealkylation sites (N-methyl/N-ethyl adjacent to an activating group) is 1. The smallest absolute Gasteiger partial charge is 0.246 e. The van der Waals surface area contributed by atoms with E-state index < -0.39 is 0 Å². The van der Waals surface area contributed by atoms with Crippen molar-refractivity contribution in [2.24, 2.45) is 0 Å². The molecule has 0 aliphatic carbocycles. The molecule has 150 valence electrons. The molecule has 1 atom stereocenters. The first-order valence-electron chi connectivity index (χ1n) is 9.32. The number of carbonyl (C=O) groups is 1. The van der Waals surface area contributed by atoms with Gasteiger partial charge in [-0.25, -0.2) is 9.37 Å². The molecule has 0 spiro atoms. The Balaban J connectivity index is 1.45. The summed E-state index contributed by atoms with van der Waals surface area (Å²) in [7, 11) is 1.84. The average Bonchev–Trinajstić information content (AvgIpc) is 3.13. The zero-order chi connectivity index (χ0) is 20.5. The molecule has 0 radical (unpaired) electrons. The number of hydrogen-bond acceptors (Lipinski definition) is 6. The van der Waals surface area contributed by atoms with Gasteiger partial charge in [0, 0.05) is 25.4 Å². The Bertz CT molecular complexity index is 1060. The van der Waals surface area contributed by atoms with Crippen LogP contribution < -0.4 is 15.5 Å². The second-order valence-electron chi connectivity index (χ2n) is 7.14. The molecule has 4 rings (SSSR count). The fourth-order valence-electron chi connectivity index (χ4n) is 3.21. The summed E-state index contributed by atoms with van der Waals surface area (Å²) in [5.74, 6) is 0.841. The third kappa shape index (κ3) is 3.89. The first kappa shape index (κ1) is 18.9. The SMILES string of the molecule is Cc1nc(NCc2cnn(Cc3cccc(F)c3)c2)nc2c1NC(=O)[C@H](C)N2C. The first-order chi connectivity index (χ1) is 13.9. The van der Waals surface area contributed by atoms with Crippen LogP contribution in [0.3, 0.4) is 0 Å². The molecule has 1 aromatic carbocycles. The Hall–Kier alpha value is -3.49. The Morgan fingerprint density at radius 2 is 2.10 bits per heavy atom. The molecular weight excluding hydrogens is 373 g/mol. The Kier molecular flexibility index (Phi) is 4.87. The van der Waals surface area contributed by atoms with Gasteiger partial charge in [0.15, 0.2) is 5.82 Å². The van der Waals surface area contributed by atoms with E-state index in [0.717, 1.165) is 11.1 Å². The lowest BCUT2D eigenvalue weighted by atomic mass is 10.2. The summed E-state index contributed by atoms with van der Waals surface area (Å²) in [6, 6.07) is 6.17. The third-order valence-electron chi connectivity index (χ3n) is 4.98. The number of rotatable bonds is 5. The summed E-state index contributed by atoms with van der Waals surface area (Å²) < 4.78 is 15.1. The van der Waals surface area contributed by atoms with Gasteiger partial charge in [0.25, 0.3) is 0 Å². The maximum atomic E-state index is 13.3. The van der Waals surface area contributed by atoms with Crippen LogP contribution in [0.2, 0.25) is 0 Å². The largest absolute Gasteiger partial charge is 0.350 e. The van der Waals surface area contributed by atoms with Crippen LogP contribution in [-0.4, -0.2) is 38.7 Å². The van der Waals surface area contributed by atoms with Crippen LogP contribution in [0, 0.1) is 12.7 Å². The average molecular weight is 395 g/mol. The Morgan fingerprint density at radius 3 is 2.90 bits per heavy atom. The highest BCUT2D eigenvalue weighted by atomic mass is 19.1. The number of carbonyl (C=O) groups excluding carboxylic acids is 1. The number of hydrogen-bond donors (Lipinski definition) is 2. The van der Waals surface area contributed by atoms with Crippen molar-refractivity contribution in [1.82, 2.24) is 19.7 Å². The second-order valence-corrected chi connectivity index (χ2v) is 7.14. The number of halogens is 1. The molecule has 2 aromatic heterocycles. The van der Waals surface area contributed by atoms with E-state index in [-0.39, 0.29) is 17.8 Å². The van der Waals surface area contributed by atoms with Crippen LogP contribution in [0.1, 0.15) is 23.7 Å². The molecular formula is C20H22FN7O. The van der Waals surface area contributed by atoms with Gasteiger partial charge >= 0.3 is 0 Å². The van der Waals surface area contributed by atoms with E-state index >= 15 is 0 Å². The van der Waals surface area contributed by atoms with Gasteiger partial charge in [-0.15, -0.1) is 0 Å². The molecule has 29 heavy (non-hydrogen) atoms. The van der Waals surface area contributed by atoms with Crippen molar-refractivity contribution in [3.63, 3.8) is 0 Å². The summed E-state index contributed by atoms with van der Waals surface area (Å²) in [4.78, 5) is 22.9. The maximum Gasteiger partial charge on any atom is 0.246 e. The van der Waals surface area contributed by atoms with E-state index in [9.17, 15) is 9.18 Å². The van der Waals surface area contributed by atoms with Gasteiger partial charge in [0.05, 0.1) is 18.4 Å². The van der Waals surface area contributed by atoms with Crippen molar-refractivity contribution >= 4 is 23.4 Å². The quantitative estimate of drug-likeness (QED) is 0.690. The fourth-order valence-corrected chi connectivity index (χ4v) is 3.21. The van der Waals surface area contributed by atoms with Gasteiger partial charge in [-0.1, -0.05) is 12.1 Å². The fraction of sp³-hybridized carbons (Fsp3) is 0.300. The number of anilines is 3. The number of aromatic nitrogens is 4. The normalized spacial score (nSPS) is 15.8. The molecule has 2 N–H and O–H groups in total. The summed E-state index contributed by atoms with van der Waals surface area (Å²) in [6.45, 7) is 4.66. The zero-order valence-electron chi connectivity index (χ0n) is 16.5. The molecule has 0 bridgehead atoms. The summed E-state index contributed by atoms with van der Waals surface area (Å²) >= 11 is 0. The van der Waals surface area contributed by atoms with Gasteiger partial charge in [-0.05, 0) is 31.5 Å². The molecule has 1 amide bonds. The van der Waals surface area contributed by atoms with Crippen LogP contribution >= 0.6 is 0 Å². The molecule has 0 unspecified atom stereocenters. The van der Waals surface area contributed by atoms with E-state index in [0.29, 0.717) is 36.2 Å². The standard InChI is InChI=1S/C20H22FN7O/c1-12-17-18(27(3)13(2)19(29)25-17)26-20(24-12)22-8-15-9-23-28(11-15)10-14-5-4-6-16(21)7-14/h4-7,9,11,13H,8,10H2,1-3H3,(H,25,29)(H,22,24,26)/t13-/m0/s1. The van der Waals surface area contributed by atoms with Crippen LogP contribution in [0.5, 0.6) is 0 Å². The molecule has 0 fully saturated rings. The summed E-state index contributed by atoms with van der Waals surface area (Å²) in [6.07, 6.45) is 3.66. The van der Waals surface area contributed by atoms with Crippen molar-refractivity contribution in [1.29, 1.82) is 0 Å². The molecule has 3 heterocycles. The molecule has 8 nitrogen and oxygen atoms in total. The predicted octanol–water partition coefficient (Wildman–Crippen LogP) is 2.56. The lowest BCUT2D eigenvalue weighted by Gasteiger charge is -2.32. The Labute approximate surface area is 167 Å². The van der Waals surface area contributed by atoms with Gasteiger partial charge in [-0.3, -0.25) is 9.48 Å². The van der Waals surface area contributed by atoms with Crippen molar-refractivity contribution in [2.45, 2.75) is 33.0 Å². The molecule has 0 saturated carbocycles. The number of nitrogens with zero attached hydrogens (tertiary/aromatic N) is 5. The van der Waals surface area contributed by atoms with Crippen molar-refractivity contribution in [3.05, 3.63) is 59.3 Å². The van der Waals surface area contributed by atoms with Crippen molar-refractivity contribution < 1.29 is 9.18 Å². The highest BCUT2D eigenvalue weighted by Gasteiger charge is 2.30. The van der Waals surface area contributed by atoms with Crippen LogP contribution in [0.4, 0.5) is 21.8 Å². The van der Waals surface area contributed by atoms with E-state index in [1.807, 2.05) is 38.1 Å². The Morgan fingerprint density at radius 1 is 1.28 bits per heavy atom. The molecule has 1 aliphatic heterocycles. The van der Waals surface area contributed by atoms with Gasteiger partial charge in [-0.2, -0.15) is 10.1 Å². The van der Waals surface area contributed by atoms with Gasteiger partial charge in [0.2, 0.25) is 11.9 Å². The van der Waals surface area contributed by atoms with Crippen molar-refractivity contribution in [2.75, 3.05) is 22.6 Å². The number of amides is 1. The number of fused-ring (bicyclic) bond motifs is 1. The first-order valence-corrected chi connectivity index (χ1v) is 9.32. The van der Waals surface area contributed by atoms with Gasteiger partial charge < -0.3 is 15.5 Å². The molecule has 3 aromatic rings. The minimum absolute atomic E-state index is 0.0712. The number of benzene rings is 1. The molecule has 9 heteroatoms. The van der Waals surface area contributed by atoms with Crippen LogP contribution in [-0.2, 0) is 17.9 Å². The maximum absolute atomic E-state index is 13.3. The third-order valence-corrected chi connectivity index (χ3v) is 4.98. The van der Waals surface area contributed by atoms with Gasteiger partial charge in [0.1, 0.15) is 17.5 Å². The minimum atomic E-state index is -0.300. The number of aryl methyl sites for hydroxylation is 1. The summed E-state index contributed by atoms with van der Waals surface area (Å²) in [5.41, 5.74) is 3.14. The lowest BCUT2D eigenvalue weighted by Crippen LogP contribution is -2.44. The van der Waals surface area contributed by atoms with E-state index in [4.69, 9.17) is 0 Å². The monoisotopic (exact) mass is 395 g/mol. The molecule has 1 aliphatic rings. The van der Waals surface area contributed by atoms with E-state index in [1.165, 1.54) is 12.1 Å². The van der Waals surface area contributed by atoms with E-state index in [1.54, 1.807) is 16.9 Å². The molecule has 0 saturated heterocycles. The minimum Gasteiger partial charge on any atom is -0.350 e. The van der Waals surface area contributed by atoms with Crippen LogP contribution in [0.15, 0.2) is 36.7 Å². The summed E-state index contributed by atoms with van der Waals surface area (Å²) in [5, 5.41) is 10.4. The van der Waals surface area contributed by atoms with Crippen LogP contribution in [0.25, 0.3) is 0 Å². The zero-order valence-corrected chi connectivity index (χ0v) is 16.5. The van der Waals surface area contributed by atoms with E-state index in [2.05, 4.69) is 25.7 Å². The predicted molar refractivity (Wildman–Crippen MR) is 108 cm³/mol. The van der Waals surface area contributed by atoms with Crippen molar-refractivity contribution in [3.8, 4) is 0 Å².